The van der Waals surface area contributed by atoms with Gasteiger partial charge in [0.05, 0.1) is 12.7 Å². The van der Waals surface area contributed by atoms with Crippen LogP contribution in [0.5, 0.6) is 0 Å². The number of aliphatic hydroxyl groups is 1. The number of hydrogen-bond acceptors (Lipinski definition) is 4. The molecule has 2 atom stereocenters. The van der Waals surface area contributed by atoms with Crippen LogP contribution in [0.4, 0.5) is 4.39 Å². The fourth-order valence-electron chi connectivity index (χ4n) is 2.26. The molecule has 4 nitrogen and oxygen atoms in total. The lowest BCUT2D eigenvalue weighted by Gasteiger charge is -2.23. The highest BCUT2D eigenvalue weighted by Gasteiger charge is 2.15. The molecule has 1 rings (SSSR count). The summed E-state index contributed by atoms with van der Waals surface area (Å²) in [7, 11) is 5.34. The molecule has 0 aliphatic carbocycles. The molecular weight excluding hydrogens is 259 g/mol. The zero-order valence-electron chi connectivity index (χ0n) is 12.5. The van der Waals surface area contributed by atoms with Gasteiger partial charge < -0.3 is 20.1 Å². The molecule has 1 aromatic carbocycles. The van der Waals surface area contributed by atoms with E-state index in [9.17, 15) is 9.50 Å². The first-order valence-corrected chi connectivity index (χ1v) is 6.85. The first-order valence-electron chi connectivity index (χ1n) is 6.85. The second kappa shape index (κ2) is 9.02. The van der Waals surface area contributed by atoms with Gasteiger partial charge in [-0.1, -0.05) is 18.2 Å². The molecule has 0 aromatic heterocycles. The monoisotopic (exact) mass is 284 g/mol. The normalized spacial score (nSPS) is 14.5. The van der Waals surface area contributed by atoms with Crippen LogP contribution in [0.25, 0.3) is 0 Å². The van der Waals surface area contributed by atoms with E-state index in [1.165, 1.54) is 6.07 Å². The van der Waals surface area contributed by atoms with E-state index in [-0.39, 0.29) is 11.9 Å². The van der Waals surface area contributed by atoms with Crippen molar-refractivity contribution in [2.24, 2.45) is 0 Å². The largest absolute Gasteiger partial charge is 0.389 e. The van der Waals surface area contributed by atoms with Crippen LogP contribution in [0.2, 0.25) is 0 Å². The van der Waals surface area contributed by atoms with E-state index in [4.69, 9.17) is 4.74 Å². The molecule has 20 heavy (non-hydrogen) atoms. The number of aliphatic hydroxyl groups excluding tert-OH is 1. The molecule has 0 aliphatic rings. The zero-order valence-corrected chi connectivity index (χ0v) is 12.5. The number of halogens is 1. The SMILES string of the molecule is CNC(CCN(C)CC(O)COC)c1ccccc1F. The van der Waals surface area contributed by atoms with Crippen molar-refractivity contribution in [2.45, 2.75) is 18.6 Å². The number of benzene rings is 1. The molecule has 1 aromatic rings. The summed E-state index contributed by atoms with van der Waals surface area (Å²) in [4.78, 5) is 2.02. The third-order valence-corrected chi connectivity index (χ3v) is 3.31. The van der Waals surface area contributed by atoms with Crippen LogP contribution in [0.3, 0.4) is 0 Å². The lowest BCUT2D eigenvalue weighted by atomic mass is 10.0. The Morgan fingerprint density at radius 3 is 2.70 bits per heavy atom. The van der Waals surface area contributed by atoms with E-state index in [1.807, 2.05) is 25.1 Å². The lowest BCUT2D eigenvalue weighted by Crippen LogP contribution is -2.34. The third kappa shape index (κ3) is 5.54. The number of rotatable bonds is 9. The van der Waals surface area contributed by atoms with Crippen molar-refractivity contribution < 1.29 is 14.2 Å². The quantitative estimate of drug-likeness (QED) is 0.720. The van der Waals surface area contributed by atoms with Crippen LogP contribution in [0.1, 0.15) is 18.0 Å². The van der Waals surface area contributed by atoms with Crippen molar-refractivity contribution in [1.82, 2.24) is 10.2 Å². The van der Waals surface area contributed by atoms with Crippen LogP contribution < -0.4 is 5.32 Å². The van der Waals surface area contributed by atoms with Gasteiger partial charge in [-0.3, -0.25) is 0 Å². The maximum Gasteiger partial charge on any atom is 0.127 e. The number of methoxy groups -OCH3 is 1. The molecule has 5 heteroatoms. The van der Waals surface area contributed by atoms with Crippen molar-refractivity contribution in [2.75, 3.05) is 40.9 Å². The summed E-state index contributed by atoms with van der Waals surface area (Å²) in [6.07, 6.45) is 0.277. The second-order valence-corrected chi connectivity index (χ2v) is 5.02. The molecule has 114 valence electrons. The summed E-state index contributed by atoms with van der Waals surface area (Å²) in [5.41, 5.74) is 0.681. The number of ether oxygens (including phenoxy) is 1. The second-order valence-electron chi connectivity index (χ2n) is 5.02. The number of nitrogens with zero attached hydrogens (tertiary/aromatic N) is 1. The average Bonchev–Trinajstić information content (AvgIpc) is 2.41. The van der Waals surface area contributed by atoms with E-state index in [0.717, 1.165) is 13.0 Å². The molecule has 0 saturated heterocycles. The van der Waals surface area contributed by atoms with Gasteiger partial charge in [-0.2, -0.15) is 0 Å². The smallest absolute Gasteiger partial charge is 0.127 e. The van der Waals surface area contributed by atoms with Gasteiger partial charge in [-0.15, -0.1) is 0 Å². The van der Waals surface area contributed by atoms with Gasteiger partial charge in [-0.25, -0.2) is 4.39 Å². The Labute approximate surface area is 120 Å². The van der Waals surface area contributed by atoms with E-state index in [0.29, 0.717) is 18.7 Å². The Morgan fingerprint density at radius 2 is 2.10 bits per heavy atom. The minimum atomic E-state index is -0.494. The van der Waals surface area contributed by atoms with Gasteiger partial charge in [-0.05, 0) is 33.1 Å². The van der Waals surface area contributed by atoms with Crippen molar-refractivity contribution in [3.05, 3.63) is 35.6 Å². The van der Waals surface area contributed by atoms with Crippen molar-refractivity contribution >= 4 is 0 Å². The van der Waals surface area contributed by atoms with Crippen molar-refractivity contribution in [3.63, 3.8) is 0 Å². The molecule has 0 heterocycles. The zero-order chi connectivity index (χ0) is 15.0. The van der Waals surface area contributed by atoms with Gasteiger partial charge >= 0.3 is 0 Å². The fourth-order valence-corrected chi connectivity index (χ4v) is 2.26. The molecule has 0 radical (unpaired) electrons. The summed E-state index contributed by atoms with van der Waals surface area (Å²) in [5.74, 6) is -0.186. The summed E-state index contributed by atoms with van der Waals surface area (Å²) in [6.45, 7) is 1.63. The maximum atomic E-state index is 13.8. The Balaban J connectivity index is 2.47. The highest BCUT2D eigenvalue weighted by molar-refractivity contribution is 5.21. The predicted octanol–water partition coefficient (Wildman–Crippen LogP) is 1.42. The Kier molecular flexibility index (Phi) is 7.69. The summed E-state index contributed by atoms with van der Waals surface area (Å²) >= 11 is 0. The van der Waals surface area contributed by atoms with Gasteiger partial charge in [0.2, 0.25) is 0 Å². The van der Waals surface area contributed by atoms with Gasteiger partial charge in [0.25, 0.3) is 0 Å². The summed E-state index contributed by atoms with van der Waals surface area (Å²) in [5, 5.41) is 12.8. The van der Waals surface area contributed by atoms with E-state index in [1.54, 1.807) is 19.2 Å². The molecular formula is C15H25FN2O2. The highest BCUT2D eigenvalue weighted by Crippen LogP contribution is 2.19. The molecule has 0 bridgehead atoms. The van der Waals surface area contributed by atoms with Gasteiger partial charge in [0.1, 0.15) is 5.82 Å². The standard InChI is InChI=1S/C15H25FN2O2/c1-17-15(13-6-4-5-7-14(13)16)8-9-18(2)10-12(19)11-20-3/h4-7,12,15,17,19H,8-11H2,1-3H3. The lowest BCUT2D eigenvalue weighted by molar-refractivity contribution is 0.0426. The fraction of sp³-hybridized carbons (Fsp3) is 0.600. The highest BCUT2D eigenvalue weighted by atomic mass is 19.1. The van der Waals surface area contributed by atoms with Crippen LogP contribution in [-0.4, -0.2) is 57.0 Å². The number of hydrogen-bond donors (Lipinski definition) is 2. The molecule has 2 N–H and O–H groups in total. The first-order chi connectivity index (χ1) is 9.58. The van der Waals surface area contributed by atoms with E-state index < -0.39 is 6.10 Å². The Morgan fingerprint density at radius 1 is 1.40 bits per heavy atom. The summed E-state index contributed by atoms with van der Waals surface area (Å²) < 4.78 is 18.6. The van der Waals surface area contributed by atoms with Crippen molar-refractivity contribution in [3.8, 4) is 0 Å². The molecule has 0 amide bonds. The molecule has 0 aliphatic heterocycles. The average molecular weight is 284 g/mol. The van der Waals surface area contributed by atoms with E-state index in [2.05, 4.69) is 5.32 Å². The van der Waals surface area contributed by atoms with Crippen molar-refractivity contribution in [1.29, 1.82) is 0 Å². The molecule has 0 spiro atoms. The first kappa shape index (κ1) is 17.0. The minimum absolute atomic E-state index is 0.0294. The maximum absolute atomic E-state index is 13.8. The van der Waals surface area contributed by atoms with Crippen LogP contribution in [-0.2, 0) is 4.74 Å². The minimum Gasteiger partial charge on any atom is -0.389 e. The Bertz CT molecular complexity index is 390. The van der Waals surface area contributed by atoms with Crippen LogP contribution >= 0.6 is 0 Å². The number of nitrogens with one attached hydrogen (secondary N) is 1. The van der Waals surface area contributed by atoms with Crippen LogP contribution in [0.15, 0.2) is 24.3 Å². The van der Waals surface area contributed by atoms with Gasteiger partial charge in [0.15, 0.2) is 0 Å². The molecule has 2 unspecified atom stereocenters. The van der Waals surface area contributed by atoms with Crippen LogP contribution in [0, 0.1) is 5.82 Å². The van der Waals surface area contributed by atoms with E-state index >= 15 is 0 Å². The van der Waals surface area contributed by atoms with Gasteiger partial charge in [0, 0.05) is 25.3 Å². The third-order valence-electron chi connectivity index (χ3n) is 3.31. The summed E-state index contributed by atoms with van der Waals surface area (Å²) in [6, 6.07) is 6.79. The molecule has 0 saturated carbocycles. The predicted molar refractivity (Wildman–Crippen MR) is 78.2 cm³/mol. The molecule has 0 fully saturated rings. The topological polar surface area (TPSA) is 44.7 Å². The Hall–Kier alpha value is -1.01. The number of likely N-dealkylation sites (N-methyl/N-ethyl adjacent to an activating group) is 1.